The molecule has 1 aromatic carbocycles. The number of aromatic amines is 1. The van der Waals surface area contributed by atoms with Gasteiger partial charge < -0.3 is 14.7 Å². The van der Waals surface area contributed by atoms with Crippen LogP contribution in [0.2, 0.25) is 5.02 Å². The zero-order chi connectivity index (χ0) is 19.5. The molecular weight excluding hydrogens is 378 g/mol. The van der Waals surface area contributed by atoms with E-state index in [4.69, 9.17) is 11.6 Å². The van der Waals surface area contributed by atoms with Crippen LogP contribution in [-0.4, -0.2) is 60.0 Å². The molecule has 3 heterocycles. The van der Waals surface area contributed by atoms with Crippen molar-refractivity contribution in [1.29, 1.82) is 0 Å². The Hall–Kier alpha value is -2.54. The Morgan fingerprint density at radius 2 is 1.64 bits per heavy atom. The Labute approximate surface area is 168 Å². The number of para-hydroxylation sites is 1. The number of halogens is 1. The summed E-state index contributed by atoms with van der Waals surface area (Å²) in [5.74, 6) is 0.294. The Bertz CT molecular complexity index is 901. The number of likely N-dealkylation sites (tertiary alicyclic amines) is 1. The highest BCUT2D eigenvalue weighted by Crippen LogP contribution is 2.26. The predicted molar refractivity (Wildman–Crippen MR) is 110 cm³/mol. The molecule has 0 aliphatic carbocycles. The van der Waals surface area contributed by atoms with Crippen molar-refractivity contribution in [2.24, 2.45) is 0 Å². The van der Waals surface area contributed by atoms with Crippen molar-refractivity contribution in [1.82, 2.24) is 14.9 Å². The lowest BCUT2D eigenvalue weighted by atomic mass is 10.1. The van der Waals surface area contributed by atoms with Crippen molar-refractivity contribution in [3.63, 3.8) is 0 Å². The first-order valence-electron chi connectivity index (χ1n) is 9.76. The first-order valence-corrected chi connectivity index (χ1v) is 10.1. The highest BCUT2D eigenvalue weighted by Gasteiger charge is 2.24. The fourth-order valence-corrected chi connectivity index (χ4v) is 4.09. The molecule has 2 aliphatic rings. The third-order valence-electron chi connectivity index (χ3n) is 5.43. The van der Waals surface area contributed by atoms with Gasteiger partial charge in [0.05, 0.1) is 10.7 Å². The lowest BCUT2D eigenvalue weighted by Crippen LogP contribution is -2.47. The first-order chi connectivity index (χ1) is 13.6. The minimum Gasteiger partial charge on any atom is -0.367 e. The number of benzene rings is 1. The van der Waals surface area contributed by atoms with Crippen LogP contribution < -0.4 is 15.4 Å². The summed E-state index contributed by atoms with van der Waals surface area (Å²) in [6.45, 7) is 4.42. The minimum atomic E-state index is -0.367. The van der Waals surface area contributed by atoms with Crippen LogP contribution in [0.1, 0.15) is 29.6 Å². The molecule has 0 radical (unpaired) electrons. The molecule has 0 spiro atoms. The van der Waals surface area contributed by atoms with Gasteiger partial charge in [-0.05, 0) is 31.4 Å². The van der Waals surface area contributed by atoms with Gasteiger partial charge in [0.2, 0.25) is 5.95 Å². The van der Waals surface area contributed by atoms with Crippen molar-refractivity contribution < 1.29 is 4.79 Å². The van der Waals surface area contributed by atoms with Gasteiger partial charge in [-0.3, -0.25) is 14.6 Å². The summed E-state index contributed by atoms with van der Waals surface area (Å²) in [6.07, 6.45) is 4.54. The number of carbonyl (C=O) groups excluding carboxylic acids is 1. The molecule has 8 heteroatoms. The van der Waals surface area contributed by atoms with Crippen molar-refractivity contribution in [2.75, 3.05) is 49.1 Å². The van der Waals surface area contributed by atoms with Gasteiger partial charge in [0.15, 0.2) is 0 Å². The van der Waals surface area contributed by atoms with Gasteiger partial charge in [-0.25, -0.2) is 4.98 Å². The SMILES string of the molecule is O=C(c1cnc(N2CCN(c3ccccc3Cl)CC2)[nH]c1=O)N1CCCCC1. The Morgan fingerprint density at radius 1 is 0.964 bits per heavy atom. The average Bonchev–Trinajstić information content (AvgIpc) is 2.74. The summed E-state index contributed by atoms with van der Waals surface area (Å²) in [5.41, 5.74) is 0.780. The second-order valence-electron chi connectivity index (χ2n) is 7.23. The van der Waals surface area contributed by atoms with Crippen molar-refractivity contribution in [3.8, 4) is 0 Å². The van der Waals surface area contributed by atoms with Gasteiger partial charge in [-0.2, -0.15) is 0 Å². The van der Waals surface area contributed by atoms with E-state index in [9.17, 15) is 9.59 Å². The molecule has 1 N–H and O–H groups in total. The molecule has 1 aromatic heterocycles. The quantitative estimate of drug-likeness (QED) is 0.854. The number of hydrogen-bond acceptors (Lipinski definition) is 5. The molecule has 2 aliphatic heterocycles. The van der Waals surface area contributed by atoms with Gasteiger partial charge in [0.1, 0.15) is 5.56 Å². The van der Waals surface area contributed by atoms with E-state index >= 15 is 0 Å². The first kappa shape index (κ1) is 18.8. The van der Waals surface area contributed by atoms with E-state index in [1.54, 1.807) is 4.90 Å². The van der Waals surface area contributed by atoms with Crippen LogP contribution in [0.15, 0.2) is 35.3 Å². The fourth-order valence-electron chi connectivity index (χ4n) is 3.83. The van der Waals surface area contributed by atoms with Crippen LogP contribution >= 0.6 is 11.6 Å². The smallest absolute Gasteiger partial charge is 0.265 e. The summed E-state index contributed by atoms with van der Waals surface area (Å²) in [5, 5.41) is 0.739. The number of amides is 1. The van der Waals surface area contributed by atoms with Crippen molar-refractivity contribution >= 4 is 29.1 Å². The second-order valence-corrected chi connectivity index (χ2v) is 7.64. The van der Waals surface area contributed by atoms with Gasteiger partial charge in [-0.1, -0.05) is 23.7 Å². The van der Waals surface area contributed by atoms with Gasteiger partial charge in [0.25, 0.3) is 11.5 Å². The molecule has 0 atom stereocenters. The van der Waals surface area contributed by atoms with E-state index in [2.05, 4.69) is 14.9 Å². The zero-order valence-electron chi connectivity index (χ0n) is 15.7. The van der Waals surface area contributed by atoms with Gasteiger partial charge in [-0.15, -0.1) is 0 Å². The average molecular weight is 402 g/mol. The number of carbonyl (C=O) groups is 1. The molecule has 28 heavy (non-hydrogen) atoms. The molecule has 0 unspecified atom stereocenters. The summed E-state index contributed by atoms with van der Waals surface area (Å²) in [6, 6.07) is 7.80. The van der Waals surface area contributed by atoms with E-state index < -0.39 is 0 Å². The van der Waals surface area contributed by atoms with E-state index in [0.717, 1.165) is 43.1 Å². The number of piperazine rings is 1. The molecule has 2 fully saturated rings. The molecule has 2 aromatic rings. The van der Waals surface area contributed by atoms with Crippen LogP contribution in [0.3, 0.4) is 0 Å². The number of rotatable bonds is 3. The maximum absolute atomic E-state index is 12.6. The normalized spacial score (nSPS) is 17.7. The van der Waals surface area contributed by atoms with Crippen molar-refractivity contribution in [2.45, 2.75) is 19.3 Å². The largest absolute Gasteiger partial charge is 0.367 e. The van der Waals surface area contributed by atoms with Crippen molar-refractivity contribution in [3.05, 3.63) is 51.4 Å². The highest BCUT2D eigenvalue weighted by molar-refractivity contribution is 6.33. The zero-order valence-corrected chi connectivity index (χ0v) is 16.5. The number of anilines is 2. The molecule has 4 rings (SSSR count). The second kappa shape index (κ2) is 8.22. The monoisotopic (exact) mass is 401 g/mol. The van der Waals surface area contributed by atoms with E-state index in [1.165, 1.54) is 6.20 Å². The summed E-state index contributed by atoms with van der Waals surface area (Å²) >= 11 is 6.29. The predicted octanol–water partition coefficient (Wildman–Crippen LogP) is 2.38. The topological polar surface area (TPSA) is 72.5 Å². The summed E-state index contributed by atoms with van der Waals surface area (Å²) < 4.78 is 0. The van der Waals surface area contributed by atoms with Crippen LogP contribution in [0.5, 0.6) is 0 Å². The third kappa shape index (κ3) is 3.85. The molecular formula is C20H24ClN5O2. The molecule has 2 saturated heterocycles. The van der Waals surface area contributed by atoms with Crippen LogP contribution in [0, 0.1) is 0 Å². The number of piperidine rings is 1. The number of hydrogen-bond donors (Lipinski definition) is 1. The Kier molecular flexibility index (Phi) is 5.52. The van der Waals surface area contributed by atoms with Crippen LogP contribution in [0.25, 0.3) is 0 Å². The van der Waals surface area contributed by atoms with Crippen LogP contribution in [0.4, 0.5) is 11.6 Å². The molecule has 0 saturated carbocycles. The van der Waals surface area contributed by atoms with E-state index in [-0.39, 0.29) is 17.0 Å². The lowest BCUT2D eigenvalue weighted by Gasteiger charge is -2.36. The third-order valence-corrected chi connectivity index (χ3v) is 5.75. The van der Waals surface area contributed by atoms with Gasteiger partial charge in [0, 0.05) is 45.5 Å². The minimum absolute atomic E-state index is 0.125. The lowest BCUT2D eigenvalue weighted by molar-refractivity contribution is 0.0722. The molecule has 7 nitrogen and oxygen atoms in total. The number of nitrogens with one attached hydrogen (secondary N) is 1. The van der Waals surface area contributed by atoms with Gasteiger partial charge >= 0.3 is 0 Å². The molecule has 0 bridgehead atoms. The highest BCUT2D eigenvalue weighted by atomic mass is 35.5. The Morgan fingerprint density at radius 3 is 2.32 bits per heavy atom. The standard InChI is InChI=1S/C20H24ClN5O2/c21-16-6-2-3-7-17(16)24-10-12-26(13-11-24)20-22-14-15(18(27)23-20)19(28)25-8-4-1-5-9-25/h2-3,6-7,14H,1,4-5,8-13H2,(H,22,23,27). The number of nitrogens with zero attached hydrogens (tertiary/aromatic N) is 4. The maximum Gasteiger partial charge on any atom is 0.265 e. The molecule has 1 amide bonds. The fraction of sp³-hybridized carbons (Fsp3) is 0.450. The molecule has 148 valence electrons. The van der Waals surface area contributed by atoms with E-state index in [0.29, 0.717) is 32.1 Å². The maximum atomic E-state index is 12.6. The summed E-state index contributed by atoms with van der Waals surface area (Å²) in [4.78, 5) is 38.3. The van der Waals surface area contributed by atoms with E-state index in [1.807, 2.05) is 29.2 Å². The number of aromatic nitrogens is 2. The number of H-pyrrole nitrogens is 1. The van der Waals surface area contributed by atoms with Crippen LogP contribution in [-0.2, 0) is 0 Å². The summed E-state index contributed by atoms with van der Waals surface area (Å²) in [7, 11) is 0. The Balaban J connectivity index is 1.43.